The number of carbonyl (C=O) groups excluding carboxylic acids is 2. The summed E-state index contributed by atoms with van der Waals surface area (Å²) in [7, 11) is 3.03. The first kappa shape index (κ1) is 19.7. The highest BCUT2D eigenvalue weighted by Crippen LogP contribution is 2.33. The number of piperidine rings is 1. The Balaban J connectivity index is 1.88. The Morgan fingerprint density at radius 1 is 1.18 bits per heavy atom. The summed E-state index contributed by atoms with van der Waals surface area (Å²) in [6.45, 7) is 2.69. The molecule has 0 bridgehead atoms. The largest absolute Gasteiger partial charge is 0.493 e. The van der Waals surface area contributed by atoms with E-state index in [9.17, 15) is 14.4 Å². The minimum atomic E-state index is -0.544. The van der Waals surface area contributed by atoms with Crippen molar-refractivity contribution in [2.45, 2.75) is 26.2 Å². The summed E-state index contributed by atoms with van der Waals surface area (Å²) in [6.07, 6.45) is 1.03. The van der Waals surface area contributed by atoms with E-state index in [2.05, 4.69) is 0 Å². The Hall–Kier alpha value is -3.03. The van der Waals surface area contributed by atoms with Gasteiger partial charge in [-0.3, -0.25) is 9.59 Å². The number of methoxy groups -OCH3 is 2. The zero-order valence-electron chi connectivity index (χ0n) is 16.2. The van der Waals surface area contributed by atoms with E-state index in [0.29, 0.717) is 59.5 Å². The molecule has 1 aromatic heterocycles. The Morgan fingerprint density at radius 2 is 1.79 bits per heavy atom. The van der Waals surface area contributed by atoms with Crippen molar-refractivity contribution < 1.29 is 23.5 Å². The molecule has 3 rings (SSSR count). The van der Waals surface area contributed by atoms with Crippen molar-refractivity contribution in [1.29, 1.82) is 0 Å². The van der Waals surface area contributed by atoms with Gasteiger partial charge in [-0.2, -0.15) is 0 Å². The Kier molecular flexibility index (Phi) is 5.58. The van der Waals surface area contributed by atoms with Crippen LogP contribution in [0.3, 0.4) is 0 Å². The van der Waals surface area contributed by atoms with Crippen LogP contribution in [0.4, 0.5) is 0 Å². The lowest BCUT2D eigenvalue weighted by atomic mass is 9.95. The van der Waals surface area contributed by atoms with Crippen LogP contribution in [-0.2, 0) is 16.0 Å². The number of hydrogen-bond donors (Lipinski definition) is 1. The average Bonchev–Trinajstić information content (AvgIpc) is 2.70. The Bertz CT molecular complexity index is 973. The van der Waals surface area contributed by atoms with Crippen LogP contribution in [0.1, 0.15) is 24.0 Å². The molecule has 2 heterocycles. The van der Waals surface area contributed by atoms with Gasteiger partial charge in [-0.25, -0.2) is 4.79 Å². The van der Waals surface area contributed by atoms with Crippen molar-refractivity contribution in [2.24, 2.45) is 11.7 Å². The van der Waals surface area contributed by atoms with Crippen LogP contribution in [0.5, 0.6) is 11.5 Å². The summed E-state index contributed by atoms with van der Waals surface area (Å²) in [5.74, 6) is 0.274. The molecule has 1 aliphatic rings. The summed E-state index contributed by atoms with van der Waals surface area (Å²) in [5, 5.41) is 0.687. The fourth-order valence-corrected chi connectivity index (χ4v) is 3.60. The van der Waals surface area contributed by atoms with E-state index in [1.165, 1.54) is 14.2 Å². The molecule has 1 fully saturated rings. The molecule has 0 atom stereocenters. The Morgan fingerprint density at radius 3 is 2.36 bits per heavy atom. The lowest BCUT2D eigenvalue weighted by Crippen LogP contribution is -2.42. The SMILES string of the molecule is COc1cc2oc(=O)c(CC(=O)N3CCC(C(N)=O)CC3)c(C)c2cc1OC. The van der Waals surface area contributed by atoms with E-state index in [4.69, 9.17) is 19.6 Å². The zero-order chi connectivity index (χ0) is 20.4. The van der Waals surface area contributed by atoms with E-state index < -0.39 is 5.63 Å². The normalized spacial score (nSPS) is 14.9. The maximum Gasteiger partial charge on any atom is 0.340 e. The second-order valence-corrected chi connectivity index (χ2v) is 6.93. The molecular weight excluding hydrogens is 364 g/mol. The third kappa shape index (κ3) is 3.67. The fraction of sp³-hybridized carbons (Fsp3) is 0.450. The minimum absolute atomic E-state index is 0.0559. The molecule has 0 saturated carbocycles. The first-order valence-electron chi connectivity index (χ1n) is 9.11. The standard InChI is InChI=1S/C20H24N2O6/c1-11-13-8-16(26-2)17(27-3)10-15(13)28-20(25)14(11)9-18(23)22-6-4-12(5-7-22)19(21)24/h8,10,12H,4-7,9H2,1-3H3,(H2,21,24). The number of fused-ring (bicyclic) bond motifs is 1. The number of benzene rings is 1. The maximum absolute atomic E-state index is 12.7. The van der Waals surface area contributed by atoms with Gasteiger partial charge in [-0.15, -0.1) is 0 Å². The van der Waals surface area contributed by atoms with Gasteiger partial charge >= 0.3 is 5.63 Å². The molecule has 0 radical (unpaired) electrons. The highest BCUT2D eigenvalue weighted by Gasteiger charge is 2.27. The Labute approximate surface area is 162 Å². The van der Waals surface area contributed by atoms with Crippen LogP contribution in [-0.4, -0.2) is 44.0 Å². The number of rotatable bonds is 5. The molecule has 0 spiro atoms. The summed E-state index contributed by atoms with van der Waals surface area (Å²) in [6, 6.07) is 3.33. The van der Waals surface area contributed by atoms with Crippen molar-refractivity contribution in [3.05, 3.63) is 33.7 Å². The number of likely N-dealkylation sites (tertiary alicyclic amines) is 1. The summed E-state index contributed by atoms with van der Waals surface area (Å²) >= 11 is 0. The number of nitrogens with two attached hydrogens (primary N) is 1. The van der Waals surface area contributed by atoms with Crippen LogP contribution in [0, 0.1) is 12.8 Å². The highest BCUT2D eigenvalue weighted by atomic mass is 16.5. The van der Waals surface area contributed by atoms with Gasteiger partial charge in [0.2, 0.25) is 11.8 Å². The number of amides is 2. The molecule has 1 saturated heterocycles. The molecule has 8 nitrogen and oxygen atoms in total. The van der Waals surface area contributed by atoms with E-state index in [1.807, 2.05) is 0 Å². The number of ether oxygens (including phenoxy) is 2. The molecule has 8 heteroatoms. The van der Waals surface area contributed by atoms with Gasteiger partial charge in [0, 0.05) is 30.5 Å². The minimum Gasteiger partial charge on any atom is -0.493 e. The molecule has 2 amide bonds. The van der Waals surface area contributed by atoms with Gasteiger partial charge in [0.25, 0.3) is 0 Å². The van der Waals surface area contributed by atoms with Crippen molar-refractivity contribution in [1.82, 2.24) is 4.90 Å². The van der Waals surface area contributed by atoms with Crippen LogP contribution in [0.15, 0.2) is 21.3 Å². The van der Waals surface area contributed by atoms with Crippen molar-refractivity contribution in [2.75, 3.05) is 27.3 Å². The zero-order valence-corrected chi connectivity index (χ0v) is 16.2. The molecule has 1 aromatic carbocycles. The molecule has 2 aromatic rings. The molecule has 0 aliphatic carbocycles. The predicted octanol–water partition coefficient (Wildman–Crippen LogP) is 1.39. The predicted molar refractivity (Wildman–Crippen MR) is 103 cm³/mol. The van der Waals surface area contributed by atoms with Gasteiger partial charge in [0.15, 0.2) is 11.5 Å². The first-order valence-corrected chi connectivity index (χ1v) is 9.11. The van der Waals surface area contributed by atoms with Gasteiger partial charge in [-0.1, -0.05) is 0 Å². The number of nitrogens with zero attached hydrogens (tertiary/aromatic N) is 1. The lowest BCUT2D eigenvalue weighted by molar-refractivity contribution is -0.134. The molecular formula is C20H24N2O6. The molecule has 2 N–H and O–H groups in total. The second-order valence-electron chi connectivity index (χ2n) is 6.93. The van der Waals surface area contributed by atoms with Crippen molar-refractivity contribution in [3.8, 4) is 11.5 Å². The molecule has 150 valence electrons. The molecule has 28 heavy (non-hydrogen) atoms. The number of aryl methyl sites for hydroxylation is 1. The summed E-state index contributed by atoms with van der Waals surface area (Å²) in [5.41, 5.74) is 6.16. The van der Waals surface area contributed by atoms with Crippen LogP contribution >= 0.6 is 0 Å². The lowest BCUT2D eigenvalue weighted by Gasteiger charge is -2.30. The number of hydrogen-bond acceptors (Lipinski definition) is 6. The number of primary amides is 1. The third-order valence-corrected chi connectivity index (χ3v) is 5.37. The van der Waals surface area contributed by atoms with E-state index in [-0.39, 0.29) is 24.2 Å². The summed E-state index contributed by atoms with van der Waals surface area (Å²) < 4.78 is 16.0. The topological polar surface area (TPSA) is 112 Å². The second kappa shape index (κ2) is 7.92. The first-order chi connectivity index (χ1) is 13.3. The van der Waals surface area contributed by atoms with E-state index in [1.54, 1.807) is 24.0 Å². The third-order valence-electron chi connectivity index (χ3n) is 5.37. The van der Waals surface area contributed by atoms with Crippen LogP contribution < -0.4 is 20.8 Å². The smallest absolute Gasteiger partial charge is 0.340 e. The highest BCUT2D eigenvalue weighted by molar-refractivity contribution is 5.87. The maximum atomic E-state index is 12.7. The quantitative estimate of drug-likeness (QED) is 0.775. The van der Waals surface area contributed by atoms with Crippen molar-refractivity contribution in [3.63, 3.8) is 0 Å². The van der Waals surface area contributed by atoms with Crippen LogP contribution in [0.25, 0.3) is 11.0 Å². The monoisotopic (exact) mass is 388 g/mol. The average molecular weight is 388 g/mol. The van der Waals surface area contributed by atoms with E-state index in [0.717, 1.165) is 0 Å². The van der Waals surface area contributed by atoms with Gasteiger partial charge < -0.3 is 24.5 Å². The van der Waals surface area contributed by atoms with Gasteiger partial charge in [0.1, 0.15) is 5.58 Å². The molecule has 1 aliphatic heterocycles. The van der Waals surface area contributed by atoms with Gasteiger partial charge in [0.05, 0.1) is 26.2 Å². The summed E-state index contributed by atoms with van der Waals surface area (Å²) in [4.78, 5) is 38.1. The number of carbonyl (C=O) groups is 2. The molecule has 0 unspecified atom stereocenters. The van der Waals surface area contributed by atoms with E-state index >= 15 is 0 Å². The van der Waals surface area contributed by atoms with Crippen LogP contribution in [0.2, 0.25) is 0 Å². The van der Waals surface area contributed by atoms with Crippen molar-refractivity contribution >= 4 is 22.8 Å². The van der Waals surface area contributed by atoms with Gasteiger partial charge in [-0.05, 0) is 31.4 Å². The fourth-order valence-electron chi connectivity index (χ4n) is 3.60.